The van der Waals surface area contributed by atoms with Gasteiger partial charge in [0.15, 0.2) is 0 Å². The summed E-state index contributed by atoms with van der Waals surface area (Å²) in [4.78, 5) is 22.7. The summed E-state index contributed by atoms with van der Waals surface area (Å²) in [6, 6.07) is 8.39. The SMILES string of the molecule is COCc1ncc(C)n1C1CCCN(C(=O)Cc2c[nH]c3ccccc23)C1. The fraction of sp³-hybridized carbons (Fsp3) is 0.429. The molecule has 1 unspecified atom stereocenters. The maximum absolute atomic E-state index is 13.0. The molecule has 1 saturated heterocycles. The van der Waals surface area contributed by atoms with E-state index >= 15 is 0 Å². The Morgan fingerprint density at radius 2 is 2.22 bits per heavy atom. The molecule has 4 rings (SSSR count). The second kappa shape index (κ2) is 7.56. The third kappa shape index (κ3) is 3.49. The smallest absolute Gasteiger partial charge is 0.227 e. The maximum atomic E-state index is 13.0. The van der Waals surface area contributed by atoms with Crippen molar-refractivity contribution in [3.05, 3.63) is 53.7 Å². The number of ether oxygens (including phenoxy) is 1. The molecule has 0 spiro atoms. The molecule has 1 aliphatic heterocycles. The van der Waals surface area contributed by atoms with Gasteiger partial charge in [-0.2, -0.15) is 0 Å². The maximum Gasteiger partial charge on any atom is 0.227 e. The first-order valence-electron chi connectivity index (χ1n) is 9.51. The van der Waals surface area contributed by atoms with E-state index in [1.165, 1.54) is 0 Å². The van der Waals surface area contributed by atoms with E-state index in [0.717, 1.165) is 53.9 Å². The van der Waals surface area contributed by atoms with E-state index in [9.17, 15) is 4.79 Å². The number of benzene rings is 1. The third-order valence-corrected chi connectivity index (χ3v) is 5.46. The lowest BCUT2D eigenvalue weighted by atomic mass is 10.0. The second-order valence-electron chi connectivity index (χ2n) is 7.29. The van der Waals surface area contributed by atoms with Crippen LogP contribution >= 0.6 is 0 Å². The van der Waals surface area contributed by atoms with E-state index < -0.39 is 0 Å². The Balaban J connectivity index is 1.50. The van der Waals surface area contributed by atoms with Crippen molar-refractivity contribution in [2.75, 3.05) is 20.2 Å². The van der Waals surface area contributed by atoms with Crippen molar-refractivity contribution in [2.45, 2.75) is 38.8 Å². The predicted molar refractivity (Wildman–Crippen MR) is 105 cm³/mol. The molecule has 27 heavy (non-hydrogen) atoms. The summed E-state index contributed by atoms with van der Waals surface area (Å²) in [5.74, 6) is 1.13. The molecular formula is C21H26N4O2. The number of aryl methyl sites for hydroxylation is 1. The highest BCUT2D eigenvalue weighted by molar-refractivity contribution is 5.88. The summed E-state index contributed by atoms with van der Waals surface area (Å²) in [5.41, 5.74) is 3.27. The fourth-order valence-electron chi connectivity index (χ4n) is 4.18. The molecule has 0 bridgehead atoms. The molecule has 3 heterocycles. The number of aromatic amines is 1. The van der Waals surface area contributed by atoms with Crippen LogP contribution < -0.4 is 0 Å². The molecule has 2 aromatic heterocycles. The number of nitrogens with zero attached hydrogens (tertiary/aromatic N) is 3. The largest absolute Gasteiger partial charge is 0.377 e. The summed E-state index contributed by atoms with van der Waals surface area (Å²) in [7, 11) is 1.69. The number of carbonyl (C=O) groups is 1. The van der Waals surface area contributed by atoms with Gasteiger partial charge in [0.1, 0.15) is 12.4 Å². The lowest BCUT2D eigenvalue weighted by molar-refractivity contribution is -0.132. The van der Waals surface area contributed by atoms with Gasteiger partial charge in [0.25, 0.3) is 0 Å². The molecule has 1 aliphatic rings. The molecule has 1 aromatic carbocycles. The Bertz CT molecular complexity index is 943. The molecule has 3 aromatic rings. The summed E-state index contributed by atoms with van der Waals surface area (Å²) in [6.45, 7) is 4.12. The number of piperidine rings is 1. The molecule has 0 saturated carbocycles. The number of hydrogen-bond acceptors (Lipinski definition) is 3. The third-order valence-electron chi connectivity index (χ3n) is 5.46. The van der Waals surface area contributed by atoms with Gasteiger partial charge in [-0.1, -0.05) is 18.2 Å². The molecule has 0 radical (unpaired) electrons. The first-order chi connectivity index (χ1) is 13.2. The van der Waals surface area contributed by atoms with Gasteiger partial charge >= 0.3 is 0 Å². The Kier molecular flexibility index (Phi) is 4.99. The van der Waals surface area contributed by atoms with Crippen LogP contribution in [0.25, 0.3) is 10.9 Å². The number of rotatable bonds is 5. The van der Waals surface area contributed by atoms with E-state index in [4.69, 9.17) is 4.74 Å². The van der Waals surface area contributed by atoms with E-state index in [1.54, 1.807) is 7.11 Å². The topological polar surface area (TPSA) is 63.1 Å². The number of H-pyrrole nitrogens is 1. The van der Waals surface area contributed by atoms with Crippen molar-refractivity contribution >= 4 is 16.8 Å². The zero-order chi connectivity index (χ0) is 18.8. The minimum absolute atomic E-state index is 0.190. The normalized spacial score (nSPS) is 17.6. The molecule has 1 atom stereocenters. The number of hydrogen-bond donors (Lipinski definition) is 1. The number of likely N-dealkylation sites (tertiary alicyclic amines) is 1. The summed E-state index contributed by atoms with van der Waals surface area (Å²) in [6.07, 6.45) is 6.35. The van der Waals surface area contributed by atoms with Crippen molar-refractivity contribution in [1.82, 2.24) is 19.4 Å². The Hall–Kier alpha value is -2.60. The Morgan fingerprint density at radius 1 is 1.37 bits per heavy atom. The standard InChI is InChI=1S/C21H26N4O2/c1-15-11-23-20(14-27-2)25(15)17-6-5-9-24(13-17)21(26)10-16-12-22-19-8-4-3-7-18(16)19/h3-4,7-8,11-12,17,22H,5-6,9-10,13-14H2,1-2H3. The minimum Gasteiger partial charge on any atom is -0.377 e. The lowest BCUT2D eigenvalue weighted by Gasteiger charge is -2.34. The van der Waals surface area contributed by atoms with Gasteiger partial charge in [0, 0.05) is 49.2 Å². The number of imidazole rings is 1. The monoisotopic (exact) mass is 366 g/mol. The molecule has 1 amide bonds. The highest BCUT2D eigenvalue weighted by Gasteiger charge is 2.27. The number of nitrogens with one attached hydrogen (secondary N) is 1. The van der Waals surface area contributed by atoms with Gasteiger partial charge in [-0.05, 0) is 31.4 Å². The quantitative estimate of drug-likeness (QED) is 0.754. The highest BCUT2D eigenvalue weighted by Crippen LogP contribution is 2.26. The second-order valence-corrected chi connectivity index (χ2v) is 7.29. The molecule has 1 fully saturated rings. The van der Waals surface area contributed by atoms with Crippen LogP contribution in [0.1, 0.15) is 36.0 Å². The van der Waals surface area contributed by atoms with Crippen LogP contribution in [0.15, 0.2) is 36.7 Å². The van der Waals surface area contributed by atoms with Gasteiger partial charge in [0.2, 0.25) is 5.91 Å². The van der Waals surface area contributed by atoms with Crippen molar-refractivity contribution < 1.29 is 9.53 Å². The van der Waals surface area contributed by atoms with Gasteiger partial charge in [0.05, 0.1) is 12.5 Å². The van der Waals surface area contributed by atoms with Gasteiger partial charge in [-0.3, -0.25) is 4.79 Å². The molecular weight excluding hydrogens is 340 g/mol. The van der Waals surface area contributed by atoms with Gasteiger partial charge < -0.3 is 19.2 Å². The number of para-hydroxylation sites is 1. The van der Waals surface area contributed by atoms with Crippen LogP contribution in [0.3, 0.4) is 0 Å². The lowest BCUT2D eigenvalue weighted by Crippen LogP contribution is -2.42. The first-order valence-corrected chi connectivity index (χ1v) is 9.51. The Labute approximate surface area is 159 Å². The van der Waals surface area contributed by atoms with Crippen LogP contribution in [-0.4, -0.2) is 45.5 Å². The van der Waals surface area contributed by atoms with Crippen LogP contribution in [-0.2, 0) is 22.6 Å². The zero-order valence-corrected chi connectivity index (χ0v) is 15.9. The summed E-state index contributed by atoms with van der Waals surface area (Å²) < 4.78 is 7.54. The number of methoxy groups -OCH3 is 1. The summed E-state index contributed by atoms with van der Waals surface area (Å²) in [5, 5.41) is 1.13. The average Bonchev–Trinajstić information content (AvgIpc) is 3.26. The molecule has 142 valence electrons. The van der Waals surface area contributed by atoms with Crippen molar-refractivity contribution in [1.29, 1.82) is 0 Å². The average molecular weight is 366 g/mol. The minimum atomic E-state index is 0.190. The van der Waals surface area contributed by atoms with E-state index in [1.807, 2.05) is 35.5 Å². The van der Waals surface area contributed by atoms with E-state index in [0.29, 0.717) is 13.0 Å². The van der Waals surface area contributed by atoms with Crippen molar-refractivity contribution in [2.24, 2.45) is 0 Å². The number of aromatic nitrogens is 3. The van der Waals surface area contributed by atoms with Gasteiger partial charge in [-0.15, -0.1) is 0 Å². The number of carbonyl (C=O) groups excluding carboxylic acids is 1. The van der Waals surface area contributed by atoms with Crippen LogP contribution in [0.4, 0.5) is 0 Å². The number of amides is 1. The first kappa shape index (κ1) is 17.8. The van der Waals surface area contributed by atoms with Crippen LogP contribution in [0.5, 0.6) is 0 Å². The highest BCUT2D eigenvalue weighted by atomic mass is 16.5. The Morgan fingerprint density at radius 3 is 3.07 bits per heavy atom. The van der Waals surface area contributed by atoms with Crippen LogP contribution in [0.2, 0.25) is 0 Å². The van der Waals surface area contributed by atoms with Gasteiger partial charge in [-0.25, -0.2) is 4.98 Å². The molecule has 1 N–H and O–H groups in total. The summed E-state index contributed by atoms with van der Waals surface area (Å²) >= 11 is 0. The zero-order valence-electron chi connectivity index (χ0n) is 15.9. The molecule has 6 nitrogen and oxygen atoms in total. The van der Waals surface area contributed by atoms with E-state index in [-0.39, 0.29) is 11.9 Å². The van der Waals surface area contributed by atoms with Crippen LogP contribution in [0, 0.1) is 6.92 Å². The molecule has 0 aliphatic carbocycles. The molecule has 6 heteroatoms. The van der Waals surface area contributed by atoms with Crippen molar-refractivity contribution in [3.8, 4) is 0 Å². The number of fused-ring (bicyclic) bond motifs is 1. The predicted octanol–water partition coefficient (Wildman–Crippen LogP) is 3.23. The fourth-order valence-corrected chi connectivity index (χ4v) is 4.18. The van der Waals surface area contributed by atoms with E-state index in [2.05, 4.69) is 27.5 Å². The van der Waals surface area contributed by atoms with Crippen molar-refractivity contribution in [3.63, 3.8) is 0 Å².